The van der Waals surface area contributed by atoms with Crippen LogP contribution in [0.5, 0.6) is 5.75 Å². The SMILES string of the molecule is COc1ccc(-c2nnc(CN(Cc3ccccc3)[C@@H](C)C3CC3)o2)cc1. The highest BCUT2D eigenvalue weighted by atomic mass is 16.5. The number of benzene rings is 2. The van der Waals surface area contributed by atoms with E-state index in [1.54, 1.807) is 7.11 Å². The Hall–Kier alpha value is -2.66. The van der Waals surface area contributed by atoms with Crippen molar-refractivity contribution in [2.45, 2.75) is 38.9 Å². The Morgan fingerprint density at radius 2 is 1.78 bits per heavy atom. The molecule has 3 aromatic rings. The summed E-state index contributed by atoms with van der Waals surface area (Å²) in [6.07, 6.45) is 2.63. The molecule has 5 nitrogen and oxygen atoms in total. The summed E-state index contributed by atoms with van der Waals surface area (Å²) >= 11 is 0. The molecule has 0 spiro atoms. The first kappa shape index (κ1) is 17.7. The van der Waals surface area contributed by atoms with Crippen molar-refractivity contribution < 1.29 is 9.15 Å². The second-order valence-electron chi connectivity index (χ2n) is 7.20. The molecule has 2 aromatic carbocycles. The zero-order valence-electron chi connectivity index (χ0n) is 15.8. The van der Waals surface area contributed by atoms with Crippen molar-refractivity contribution in [1.29, 1.82) is 0 Å². The number of methoxy groups -OCH3 is 1. The van der Waals surface area contributed by atoms with Gasteiger partial charge in [0.2, 0.25) is 11.8 Å². The molecule has 0 saturated heterocycles. The summed E-state index contributed by atoms with van der Waals surface area (Å²) in [6, 6.07) is 18.7. The summed E-state index contributed by atoms with van der Waals surface area (Å²) in [6.45, 7) is 3.86. The fourth-order valence-electron chi connectivity index (χ4n) is 3.38. The topological polar surface area (TPSA) is 51.4 Å². The van der Waals surface area contributed by atoms with Gasteiger partial charge in [-0.1, -0.05) is 30.3 Å². The molecule has 1 aliphatic rings. The van der Waals surface area contributed by atoms with Crippen molar-refractivity contribution in [1.82, 2.24) is 15.1 Å². The molecule has 0 N–H and O–H groups in total. The number of rotatable bonds is 8. The van der Waals surface area contributed by atoms with Gasteiger partial charge in [0.15, 0.2) is 0 Å². The van der Waals surface area contributed by atoms with Crippen LogP contribution in [0.4, 0.5) is 0 Å². The third kappa shape index (κ3) is 4.37. The molecule has 1 heterocycles. The summed E-state index contributed by atoms with van der Waals surface area (Å²) in [7, 11) is 1.65. The lowest BCUT2D eigenvalue weighted by Crippen LogP contribution is -2.33. The Morgan fingerprint density at radius 1 is 1.04 bits per heavy atom. The van der Waals surface area contributed by atoms with E-state index in [0.29, 0.717) is 24.4 Å². The average Bonchev–Trinajstić information content (AvgIpc) is 3.46. The molecule has 0 aliphatic heterocycles. The quantitative estimate of drug-likeness (QED) is 0.588. The van der Waals surface area contributed by atoms with E-state index >= 15 is 0 Å². The Kier molecular flexibility index (Phi) is 5.21. The van der Waals surface area contributed by atoms with Crippen LogP contribution >= 0.6 is 0 Å². The van der Waals surface area contributed by atoms with Crippen molar-refractivity contribution in [2.24, 2.45) is 5.92 Å². The van der Waals surface area contributed by atoms with E-state index in [9.17, 15) is 0 Å². The van der Waals surface area contributed by atoms with Crippen LogP contribution in [0.1, 0.15) is 31.2 Å². The lowest BCUT2D eigenvalue weighted by atomic mass is 10.1. The fourth-order valence-corrected chi connectivity index (χ4v) is 3.38. The van der Waals surface area contributed by atoms with Crippen LogP contribution in [-0.2, 0) is 13.1 Å². The molecule has 1 aromatic heterocycles. The highest BCUT2D eigenvalue weighted by Gasteiger charge is 2.32. The summed E-state index contributed by atoms with van der Waals surface area (Å²) < 4.78 is 11.2. The minimum atomic E-state index is 0.501. The number of nitrogens with zero attached hydrogens (tertiary/aromatic N) is 3. The highest BCUT2D eigenvalue weighted by molar-refractivity contribution is 5.53. The van der Waals surface area contributed by atoms with Gasteiger partial charge in [-0.25, -0.2) is 0 Å². The van der Waals surface area contributed by atoms with Crippen LogP contribution in [0.15, 0.2) is 59.0 Å². The van der Waals surface area contributed by atoms with Gasteiger partial charge in [0.25, 0.3) is 0 Å². The Morgan fingerprint density at radius 3 is 2.44 bits per heavy atom. The molecule has 0 bridgehead atoms. The molecule has 0 unspecified atom stereocenters. The molecule has 140 valence electrons. The lowest BCUT2D eigenvalue weighted by Gasteiger charge is -2.28. The molecule has 1 aliphatic carbocycles. The molecule has 1 fully saturated rings. The van der Waals surface area contributed by atoms with Gasteiger partial charge in [-0.2, -0.15) is 0 Å². The van der Waals surface area contributed by atoms with Gasteiger partial charge in [0.05, 0.1) is 13.7 Å². The van der Waals surface area contributed by atoms with Gasteiger partial charge in [-0.05, 0) is 55.5 Å². The Balaban J connectivity index is 1.49. The van der Waals surface area contributed by atoms with E-state index in [-0.39, 0.29) is 0 Å². The fraction of sp³-hybridized carbons (Fsp3) is 0.364. The smallest absolute Gasteiger partial charge is 0.247 e. The molecule has 0 amide bonds. The second-order valence-corrected chi connectivity index (χ2v) is 7.20. The maximum atomic E-state index is 5.96. The molecular formula is C22H25N3O2. The van der Waals surface area contributed by atoms with Crippen LogP contribution in [0.2, 0.25) is 0 Å². The summed E-state index contributed by atoms with van der Waals surface area (Å²) in [5, 5.41) is 8.53. The first-order chi connectivity index (χ1) is 13.2. The molecule has 27 heavy (non-hydrogen) atoms. The first-order valence-corrected chi connectivity index (χ1v) is 9.47. The van der Waals surface area contributed by atoms with Crippen LogP contribution in [-0.4, -0.2) is 28.2 Å². The number of hydrogen-bond donors (Lipinski definition) is 0. The summed E-state index contributed by atoms with van der Waals surface area (Å²) in [5.74, 6) is 2.79. The van der Waals surface area contributed by atoms with Crippen LogP contribution in [0.25, 0.3) is 11.5 Å². The Bertz CT molecular complexity index is 857. The van der Waals surface area contributed by atoms with Gasteiger partial charge < -0.3 is 9.15 Å². The van der Waals surface area contributed by atoms with E-state index in [1.165, 1.54) is 18.4 Å². The molecule has 1 atom stereocenters. The van der Waals surface area contributed by atoms with Crippen LogP contribution < -0.4 is 4.74 Å². The normalized spacial score (nSPS) is 15.1. The van der Waals surface area contributed by atoms with Gasteiger partial charge in [-0.3, -0.25) is 4.90 Å². The summed E-state index contributed by atoms with van der Waals surface area (Å²) in [5.41, 5.74) is 2.21. The number of ether oxygens (including phenoxy) is 1. The van der Waals surface area contributed by atoms with Gasteiger partial charge in [0, 0.05) is 18.2 Å². The molecule has 4 rings (SSSR count). The predicted molar refractivity (Wildman–Crippen MR) is 104 cm³/mol. The minimum Gasteiger partial charge on any atom is -0.497 e. The third-order valence-corrected chi connectivity index (χ3v) is 5.25. The van der Waals surface area contributed by atoms with Crippen molar-refractivity contribution in [2.75, 3.05) is 7.11 Å². The van der Waals surface area contributed by atoms with Gasteiger partial charge in [0.1, 0.15) is 5.75 Å². The average molecular weight is 363 g/mol. The maximum absolute atomic E-state index is 5.96. The first-order valence-electron chi connectivity index (χ1n) is 9.47. The standard InChI is InChI=1S/C22H25N3O2/c1-16(18-8-9-18)25(14-17-6-4-3-5-7-17)15-21-23-24-22(27-21)19-10-12-20(26-2)13-11-19/h3-7,10-13,16,18H,8-9,14-15H2,1-2H3/t16-/m0/s1. The van der Waals surface area contributed by atoms with Crippen LogP contribution in [0, 0.1) is 5.92 Å². The van der Waals surface area contributed by atoms with Gasteiger partial charge >= 0.3 is 0 Å². The summed E-state index contributed by atoms with van der Waals surface area (Å²) in [4.78, 5) is 2.44. The second kappa shape index (κ2) is 7.92. The Labute approximate surface area is 160 Å². The predicted octanol–water partition coefficient (Wildman–Crippen LogP) is 4.55. The minimum absolute atomic E-state index is 0.501. The van der Waals surface area contributed by atoms with Crippen molar-refractivity contribution in [3.63, 3.8) is 0 Å². The zero-order chi connectivity index (χ0) is 18.6. The van der Waals surface area contributed by atoms with Crippen molar-refractivity contribution in [3.8, 4) is 17.2 Å². The van der Waals surface area contributed by atoms with E-state index in [1.807, 2.05) is 24.3 Å². The molecule has 1 saturated carbocycles. The third-order valence-electron chi connectivity index (χ3n) is 5.25. The highest BCUT2D eigenvalue weighted by Crippen LogP contribution is 2.36. The van der Waals surface area contributed by atoms with Crippen molar-refractivity contribution >= 4 is 0 Å². The van der Waals surface area contributed by atoms with E-state index in [4.69, 9.17) is 9.15 Å². The maximum Gasteiger partial charge on any atom is 0.247 e. The molecular weight excluding hydrogens is 338 g/mol. The largest absolute Gasteiger partial charge is 0.497 e. The molecule has 5 heteroatoms. The lowest BCUT2D eigenvalue weighted by molar-refractivity contribution is 0.156. The van der Waals surface area contributed by atoms with E-state index in [2.05, 4.69) is 52.4 Å². The van der Waals surface area contributed by atoms with Gasteiger partial charge in [-0.15, -0.1) is 10.2 Å². The molecule has 0 radical (unpaired) electrons. The number of aromatic nitrogens is 2. The number of hydrogen-bond acceptors (Lipinski definition) is 5. The zero-order valence-corrected chi connectivity index (χ0v) is 15.8. The van der Waals surface area contributed by atoms with Crippen molar-refractivity contribution in [3.05, 3.63) is 66.1 Å². The van der Waals surface area contributed by atoms with Crippen LogP contribution in [0.3, 0.4) is 0 Å². The monoisotopic (exact) mass is 363 g/mol. The van der Waals surface area contributed by atoms with E-state index in [0.717, 1.165) is 23.8 Å². The van der Waals surface area contributed by atoms with E-state index < -0.39 is 0 Å².